The van der Waals surface area contributed by atoms with E-state index >= 15 is 0 Å². The van der Waals surface area contributed by atoms with Gasteiger partial charge in [0.2, 0.25) is 29.5 Å². The zero-order valence-corrected chi connectivity index (χ0v) is 40.4. The minimum Gasteiger partial charge on any atom is -0.444 e. The SMILES string of the molecule is CC[C@H](C)[C@@H]([C@@H](CC(=O)N1CCC[C@H]1[C@H](OC)[C@@H](C)C(=O)N[C@@H](C)C(=O)NCc1ccc(NC(=O)OC(C)(C)C)cc1)OC)N(C)C(=O)[C@@H](NC(=O)[C@H](C(C)C)N(C)C)C(C)C. The van der Waals surface area contributed by atoms with Crippen LogP contribution in [0.3, 0.4) is 0 Å². The topological polar surface area (TPSA) is 188 Å². The number of likely N-dealkylation sites (N-methyl/N-ethyl adjacent to an activating group) is 2. The van der Waals surface area contributed by atoms with Gasteiger partial charge in [-0.1, -0.05) is 67.0 Å². The highest BCUT2D eigenvalue weighted by Gasteiger charge is 2.43. The lowest BCUT2D eigenvalue weighted by Crippen LogP contribution is -2.59. The van der Waals surface area contributed by atoms with Gasteiger partial charge in [-0.25, -0.2) is 4.79 Å². The number of amides is 6. The minimum atomic E-state index is -0.857. The van der Waals surface area contributed by atoms with Crippen molar-refractivity contribution in [1.82, 2.24) is 30.7 Å². The molecule has 0 bridgehead atoms. The van der Waals surface area contributed by atoms with Crippen LogP contribution in [0.1, 0.15) is 107 Å². The van der Waals surface area contributed by atoms with Crippen LogP contribution in [0, 0.1) is 23.7 Å². The Labute approximate surface area is 371 Å². The van der Waals surface area contributed by atoms with Crippen LogP contribution in [0.4, 0.5) is 10.5 Å². The minimum absolute atomic E-state index is 0.00835. The van der Waals surface area contributed by atoms with Crippen molar-refractivity contribution in [3.8, 4) is 0 Å². The molecule has 0 aliphatic carbocycles. The molecular weight excluding hydrogens is 795 g/mol. The number of hydrogen-bond acceptors (Lipinski definition) is 10. The Kier molecular flexibility index (Phi) is 21.3. The quantitative estimate of drug-likeness (QED) is 0.126. The lowest BCUT2D eigenvalue weighted by atomic mass is 9.89. The van der Waals surface area contributed by atoms with Crippen molar-refractivity contribution in [2.75, 3.05) is 47.2 Å². The van der Waals surface area contributed by atoms with E-state index in [2.05, 4.69) is 21.3 Å². The molecule has 1 heterocycles. The van der Waals surface area contributed by atoms with Crippen molar-refractivity contribution in [3.63, 3.8) is 0 Å². The molecule has 1 aliphatic rings. The summed E-state index contributed by atoms with van der Waals surface area (Å²) in [6.45, 7) is 21.2. The van der Waals surface area contributed by atoms with E-state index in [0.717, 1.165) is 5.56 Å². The normalized spacial score (nSPS) is 18.2. The van der Waals surface area contributed by atoms with Crippen LogP contribution in [0.2, 0.25) is 0 Å². The fourth-order valence-corrected chi connectivity index (χ4v) is 8.29. The average molecular weight is 874 g/mol. The summed E-state index contributed by atoms with van der Waals surface area (Å²) in [4.78, 5) is 86.0. The van der Waals surface area contributed by atoms with Gasteiger partial charge in [-0.2, -0.15) is 0 Å². The summed E-state index contributed by atoms with van der Waals surface area (Å²) in [6, 6.07) is 4.02. The highest BCUT2D eigenvalue weighted by molar-refractivity contribution is 5.91. The molecule has 0 aromatic heterocycles. The molecule has 1 aromatic rings. The molecule has 1 fully saturated rings. The number of methoxy groups -OCH3 is 2. The van der Waals surface area contributed by atoms with E-state index in [1.807, 2.05) is 60.5 Å². The molecule has 6 amide bonds. The van der Waals surface area contributed by atoms with Gasteiger partial charge in [-0.15, -0.1) is 0 Å². The molecule has 0 saturated carbocycles. The van der Waals surface area contributed by atoms with Gasteiger partial charge in [0.15, 0.2) is 0 Å². The van der Waals surface area contributed by atoms with Crippen molar-refractivity contribution in [2.45, 2.75) is 156 Å². The van der Waals surface area contributed by atoms with Crippen molar-refractivity contribution in [1.29, 1.82) is 0 Å². The number of anilines is 1. The third-order valence-corrected chi connectivity index (χ3v) is 11.8. The monoisotopic (exact) mass is 874 g/mol. The zero-order valence-electron chi connectivity index (χ0n) is 40.4. The smallest absolute Gasteiger partial charge is 0.412 e. The van der Waals surface area contributed by atoms with Gasteiger partial charge in [0.05, 0.1) is 42.7 Å². The molecule has 2 rings (SSSR count). The first-order chi connectivity index (χ1) is 28.9. The highest BCUT2D eigenvalue weighted by atomic mass is 16.6. The van der Waals surface area contributed by atoms with E-state index < -0.39 is 60.0 Å². The van der Waals surface area contributed by atoms with Crippen molar-refractivity contribution in [2.24, 2.45) is 23.7 Å². The van der Waals surface area contributed by atoms with Crippen LogP contribution in [0.15, 0.2) is 24.3 Å². The molecule has 9 atom stereocenters. The summed E-state index contributed by atoms with van der Waals surface area (Å²) >= 11 is 0. The maximum absolute atomic E-state index is 14.3. The van der Waals surface area contributed by atoms with Gasteiger partial charge >= 0.3 is 6.09 Å². The number of likely N-dealkylation sites (tertiary alicyclic amines) is 1. The van der Waals surface area contributed by atoms with Crippen LogP contribution in [0.25, 0.3) is 0 Å². The molecule has 0 unspecified atom stereocenters. The van der Waals surface area contributed by atoms with E-state index in [4.69, 9.17) is 14.2 Å². The summed E-state index contributed by atoms with van der Waals surface area (Å²) in [6.07, 6.45) is 0.159. The molecule has 16 heteroatoms. The van der Waals surface area contributed by atoms with E-state index in [1.165, 1.54) is 7.11 Å². The maximum atomic E-state index is 14.3. The van der Waals surface area contributed by atoms with Crippen molar-refractivity contribution < 1.29 is 43.0 Å². The first kappa shape index (κ1) is 53.9. The molecule has 62 heavy (non-hydrogen) atoms. The first-order valence-corrected chi connectivity index (χ1v) is 22.1. The second kappa shape index (κ2) is 24.5. The molecule has 4 N–H and O–H groups in total. The Morgan fingerprint density at radius 2 is 1.45 bits per heavy atom. The standard InChI is InChI=1S/C46H79N7O9/c1-17-29(6)39(52(14)44(58)37(27(2)3)50-43(57)38(28(4)5)51(12)13)35(60-15)25-36(54)53-24-18-19-34(53)40(61-16)30(7)41(55)48-31(8)42(56)47-26-32-20-22-33(23-21-32)49-45(59)62-46(9,10)11/h20-23,27-31,34-35,37-40H,17-19,24-26H2,1-16H3,(H,47,56)(H,48,55)(H,49,59)(H,50,57)/t29-,30+,31-,34-,35+,37-,38-,39-,40+/m0/s1. The Bertz CT molecular complexity index is 1620. The Balaban J connectivity index is 2.13. The molecule has 1 aliphatic heterocycles. The van der Waals surface area contributed by atoms with Gasteiger partial charge in [0, 0.05) is 40.0 Å². The molecule has 1 aromatic carbocycles. The lowest BCUT2D eigenvalue weighted by Gasteiger charge is -2.41. The van der Waals surface area contributed by atoms with Gasteiger partial charge in [-0.05, 0) is 90.1 Å². The largest absolute Gasteiger partial charge is 0.444 e. The number of carbonyl (C=O) groups is 6. The van der Waals surface area contributed by atoms with Gasteiger partial charge in [0.1, 0.15) is 17.7 Å². The fraction of sp³-hybridized carbons (Fsp3) is 0.739. The predicted octanol–water partition coefficient (Wildman–Crippen LogP) is 4.80. The van der Waals surface area contributed by atoms with Crippen LogP contribution < -0.4 is 21.3 Å². The Hall–Kier alpha value is -4.28. The summed E-state index contributed by atoms with van der Waals surface area (Å²) in [5.74, 6) is -2.34. The third kappa shape index (κ3) is 15.5. The van der Waals surface area contributed by atoms with Crippen molar-refractivity contribution in [3.05, 3.63) is 29.8 Å². The number of ether oxygens (including phenoxy) is 3. The number of nitrogens with one attached hydrogen (secondary N) is 4. The van der Waals surface area contributed by atoms with Crippen LogP contribution in [-0.4, -0.2) is 140 Å². The van der Waals surface area contributed by atoms with E-state index in [-0.39, 0.29) is 60.3 Å². The number of benzene rings is 1. The van der Waals surface area contributed by atoms with Gasteiger partial charge < -0.3 is 40.0 Å². The Morgan fingerprint density at radius 1 is 0.839 bits per heavy atom. The summed E-state index contributed by atoms with van der Waals surface area (Å²) in [7, 11) is 8.47. The number of hydrogen-bond donors (Lipinski definition) is 4. The molecule has 16 nitrogen and oxygen atoms in total. The van der Waals surface area contributed by atoms with Crippen LogP contribution in [0.5, 0.6) is 0 Å². The van der Waals surface area contributed by atoms with Gasteiger partial charge in [-0.3, -0.25) is 34.2 Å². The third-order valence-electron chi connectivity index (χ3n) is 11.8. The number of carbonyl (C=O) groups excluding carboxylic acids is 6. The second-order valence-corrected chi connectivity index (χ2v) is 18.7. The average Bonchev–Trinajstić information content (AvgIpc) is 3.67. The molecule has 352 valence electrons. The van der Waals surface area contributed by atoms with Crippen molar-refractivity contribution >= 4 is 41.3 Å². The van der Waals surface area contributed by atoms with E-state index in [1.54, 1.807) is 82.8 Å². The molecular formula is C46H79N7O9. The number of nitrogens with zero attached hydrogens (tertiary/aromatic N) is 3. The Morgan fingerprint density at radius 3 is 1.95 bits per heavy atom. The molecule has 0 spiro atoms. The molecule has 0 radical (unpaired) electrons. The molecule has 1 saturated heterocycles. The zero-order chi connectivity index (χ0) is 47.2. The first-order valence-electron chi connectivity index (χ1n) is 22.1. The summed E-state index contributed by atoms with van der Waals surface area (Å²) in [5, 5.41) is 11.4. The maximum Gasteiger partial charge on any atom is 0.412 e. The second-order valence-electron chi connectivity index (χ2n) is 18.7. The summed E-state index contributed by atoms with van der Waals surface area (Å²) in [5.41, 5.74) is 0.711. The van der Waals surface area contributed by atoms with E-state index in [9.17, 15) is 28.8 Å². The van der Waals surface area contributed by atoms with Crippen LogP contribution >= 0.6 is 0 Å². The lowest BCUT2D eigenvalue weighted by molar-refractivity contribution is -0.148. The van der Waals surface area contributed by atoms with Crippen LogP contribution in [-0.2, 0) is 44.7 Å². The van der Waals surface area contributed by atoms with E-state index in [0.29, 0.717) is 31.5 Å². The van der Waals surface area contributed by atoms with Gasteiger partial charge in [0.25, 0.3) is 0 Å². The number of rotatable bonds is 22. The summed E-state index contributed by atoms with van der Waals surface area (Å²) < 4.78 is 17.2. The predicted molar refractivity (Wildman–Crippen MR) is 241 cm³/mol. The highest BCUT2D eigenvalue weighted by Crippen LogP contribution is 2.30. The fourth-order valence-electron chi connectivity index (χ4n) is 8.29.